The molecule has 18 heavy (non-hydrogen) atoms. The Labute approximate surface area is 108 Å². The van der Waals surface area contributed by atoms with Gasteiger partial charge in [0.2, 0.25) is 0 Å². The zero-order chi connectivity index (χ0) is 12.9. The van der Waals surface area contributed by atoms with Crippen LogP contribution >= 0.6 is 0 Å². The molecule has 2 bridgehead atoms. The largest absolute Gasteiger partial charge is 0.444 e. The highest BCUT2D eigenvalue weighted by molar-refractivity contribution is 5.72. The van der Waals surface area contributed by atoms with Crippen molar-refractivity contribution in [2.45, 2.75) is 51.3 Å². The first-order valence-corrected chi connectivity index (χ1v) is 6.57. The number of benzene rings is 1. The second-order valence-corrected chi connectivity index (χ2v) is 6.13. The molecule has 1 aromatic carbocycles. The summed E-state index contributed by atoms with van der Waals surface area (Å²) in [6.45, 7) is 5.74. The van der Waals surface area contributed by atoms with Crippen LogP contribution in [0.4, 0.5) is 4.79 Å². The zero-order valence-electron chi connectivity index (χ0n) is 11.1. The Bertz CT molecular complexity index is 459. The number of ether oxygens (including phenoxy) is 1. The maximum Gasteiger partial charge on any atom is 0.411 e. The molecule has 96 valence electrons. The highest BCUT2D eigenvalue weighted by atomic mass is 16.6. The molecule has 0 saturated carbocycles. The number of rotatable bonds is 0. The van der Waals surface area contributed by atoms with Crippen molar-refractivity contribution in [3.05, 3.63) is 35.4 Å². The van der Waals surface area contributed by atoms with Crippen LogP contribution in [0.2, 0.25) is 0 Å². The number of carbonyl (C=O) groups excluding carboxylic acids is 1. The van der Waals surface area contributed by atoms with Gasteiger partial charge in [0, 0.05) is 0 Å². The average Bonchev–Trinajstić information content (AvgIpc) is 2.83. The first kappa shape index (κ1) is 11.6. The Kier molecular flexibility index (Phi) is 2.40. The molecular formula is C15H19NO2. The van der Waals surface area contributed by atoms with Gasteiger partial charge < -0.3 is 4.74 Å². The molecule has 2 atom stereocenters. The molecule has 1 fully saturated rings. The minimum absolute atomic E-state index is 0.175. The topological polar surface area (TPSA) is 29.5 Å². The third kappa shape index (κ3) is 1.69. The van der Waals surface area contributed by atoms with Crippen LogP contribution in [-0.4, -0.2) is 16.6 Å². The van der Waals surface area contributed by atoms with E-state index >= 15 is 0 Å². The van der Waals surface area contributed by atoms with E-state index in [1.165, 1.54) is 11.1 Å². The van der Waals surface area contributed by atoms with Gasteiger partial charge in [0.1, 0.15) is 5.60 Å². The zero-order valence-corrected chi connectivity index (χ0v) is 11.1. The number of nitrogens with zero attached hydrogens (tertiary/aromatic N) is 1. The molecule has 3 nitrogen and oxygen atoms in total. The van der Waals surface area contributed by atoms with Crippen molar-refractivity contribution >= 4 is 6.09 Å². The van der Waals surface area contributed by atoms with Crippen molar-refractivity contribution in [1.82, 2.24) is 4.90 Å². The molecule has 2 aliphatic heterocycles. The Morgan fingerprint density at radius 2 is 1.67 bits per heavy atom. The van der Waals surface area contributed by atoms with Crippen molar-refractivity contribution in [3.63, 3.8) is 0 Å². The van der Waals surface area contributed by atoms with E-state index in [1.807, 2.05) is 37.8 Å². The molecule has 3 heteroatoms. The minimum Gasteiger partial charge on any atom is -0.444 e. The van der Waals surface area contributed by atoms with Crippen molar-refractivity contribution in [2.24, 2.45) is 0 Å². The summed E-state index contributed by atoms with van der Waals surface area (Å²) in [5, 5.41) is 0. The van der Waals surface area contributed by atoms with Crippen LogP contribution < -0.4 is 0 Å². The predicted octanol–water partition coefficient (Wildman–Crippen LogP) is 3.81. The van der Waals surface area contributed by atoms with Gasteiger partial charge in [-0.25, -0.2) is 4.79 Å². The molecule has 0 aliphatic carbocycles. The van der Waals surface area contributed by atoms with E-state index in [2.05, 4.69) is 12.1 Å². The fraction of sp³-hybridized carbons (Fsp3) is 0.533. The molecule has 1 aromatic rings. The number of carbonyl (C=O) groups is 1. The molecule has 2 unspecified atom stereocenters. The summed E-state index contributed by atoms with van der Waals surface area (Å²) in [4.78, 5) is 14.2. The van der Waals surface area contributed by atoms with Gasteiger partial charge in [-0.2, -0.15) is 0 Å². The van der Waals surface area contributed by atoms with Crippen LogP contribution in [0, 0.1) is 0 Å². The first-order valence-electron chi connectivity index (χ1n) is 6.57. The Morgan fingerprint density at radius 1 is 1.17 bits per heavy atom. The van der Waals surface area contributed by atoms with Crippen molar-refractivity contribution in [3.8, 4) is 0 Å². The lowest BCUT2D eigenvalue weighted by atomic mass is 9.92. The maximum atomic E-state index is 12.3. The van der Waals surface area contributed by atoms with Gasteiger partial charge in [0.25, 0.3) is 0 Å². The Morgan fingerprint density at radius 3 is 2.11 bits per heavy atom. The Balaban J connectivity index is 1.88. The van der Waals surface area contributed by atoms with Crippen molar-refractivity contribution in [1.29, 1.82) is 0 Å². The van der Waals surface area contributed by atoms with Gasteiger partial charge in [-0.15, -0.1) is 0 Å². The molecule has 2 heterocycles. The summed E-state index contributed by atoms with van der Waals surface area (Å²) >= 11 is 0. The summed E-state index contributed by atoms with van der Waals surface area (Å²) in [6.07, 6.45) is 1.94. The molecule has 0 radical (unpaired) electrons. The first-order chi connectivity index (χ1) is 8.47. The van der Waals surface area contributed by atoms with E-state index in [4.69, 9.17) is 4.74 Å². The van der Waals surface area contributed by atoms with Crippen molar-refractivity contribution in [2.75, 3.05) is 0 Å². The number of fused-ring (bicyclic) bond motifs is 5. The third-order valence-corrected chi connectivity index (χ3v) is 3.70. The van der Waals surface area contributed by atoms with E-state index in [9.17, 15) is 4.79 Å². The number of hydrogen-bond acceptors (Lipinski definition) is 2. The fourth-order valence-corrected chi connectivity index (χ4v) is 3.11. The standard InChI is InChI=1S/C15H19NO2/c1-15(2,3)18-14(17)16-12-8-9-13(16)11-7-5-4-6-10(11)12/h4-7,12-13H,8-9H2,1-3H3. The van der Waals surface area contributed by atoms with Crippen LogP contribution in [-0.2, 0) is 4.74 Å². The molecule has 0 spiro atoms. The smallest absolute Gasteiger partial charge is 0.411 e. The van der Waals surface area contributed by atoms with Gasteiger partial charge in [0.05, 0.1) is 12.1 Å². The van der Waals surface area contributed by atoms with E-state index in [1.54, 1.807) is 0 Å². The molecule has 1 saturated heterocycles. The van der Waals surface area contributed by atoms with Gasteiger partial charge in [-0.3, -0.25) is 4.90 Å². The lowest BCUT2D eigenvalue weighted by Crippen LogP contribution is -2.34. The molecule has 0 N–H and O–H groups in total. The lowest BCUT2D eigenvalue weighted by Gasteiger charge is -2.27. The molecular weight excluding hydrogens is 226 g/mol. The highest BCUT2D eigenvalue weighted by Crippen LogP contribution is 2.53. The SMILES string of the molecule is CC(C)(C)OC(=O)N1C2CCC1c1ccccc12. The second-order valence-electron chi connectivity index (χ2n) is 6.13. The van der Waals surface area contributed by atoms with Crippen molar-refractivity contribution < 1.29 is 9.53 Å². The summed E-state index contributed by atoms with van der Waals surface area (Å²) in [6, 6.07) is 8.81. The van der Waals surface area contributed by atoms with Crippen LogP contribution in [0.1, 0.15) is 56.8 Å². The van der Waals surface area contributed by atoms with E-state index in [0.29, 0.717) is 0 Å². The van der Waals surface area contributed by atoms with Crippen LogP contribution in [0.5, 0.6) is 0 Å². The monoisotopic (exact) mass is 245 g/mol. The predicted molar refractivity (Wildman–Crippen MR) is 69.2 cm³/mol. The maximum absolute atomic E-state index is 12.3. The fourth-order valence-electron chi connectivity index (χ4n) is 3.11. The number of hydrogen-bond donors (Lipinski definition) is 0. The molecule has 1 amide bonds. The van der Waals surface area contributed by atoms with Gasteiger partial charge >= 0.3 is 6.09 Å². The summed E-state index contributed by atoms with van der Waals surface area (Å²) in [5.41, 5.74) is 2.19. The lowest BCUT2D eigenvalue weighted by molar-refractivity contribution is 0.0177. The van der Waals surface area contributed by atoms with Crippen LogP contribution in [0.25, 0.3) is 0 Å². The average molecular weight is 245 g/mol. The van der Waals surface area contributed by atoms with E-state index in [0.717, 1.165) is 12.8 Å². The number of amides is 1. The molecule has 2 aliphatic rings. The van der Waals surface area contributed by atoms with E-state index in [-0.39, 0.29) is 18.2 Å². The molecule has 0 aromatic heterocycles. The second kappa shape index (κ2) is 3.74. The van der Waals surface area contributed by atoms with Gasteiger partial charge in [-0.1, -0.05) is 24.3 Å². The summed E-state index contributed by atoms with van der Waals surface area (Å²) < 4.78 is 5.52. The van der Waals surface area contributed by atoms with Crippen LogP contribution in [0.15, 0.2) is 24.3 Å². The van der Waals surface area contributed by atoms with Gasteiger partial charge in [0.15, 0.2) is 0 Å². The quantitative estimate of drug-likeness (QED) is 0.695. The van der Waals surface area contributed by atoms with Gasteiger partial charge in [-0.05, 0) is 44.7 Å². The summed E-state index contributed by atoms with van der Waals surface area (Å²) in [5.74, 6) is 0. The molecule has 3 rings (SSSR count). The normalized spacial score (nSPS) is 25.2. The highest BCUT2D eigenvalue weighted by Gasteiger charge is 2.47. The Hall–Kier alpha value is -1.51. The minimum atomic E-state index is -0.425. The third-order valence-electron chi connectivity index (χ3n) is 3.70. The van der Waals surface area contributed by atoms with Crippen LogP contribution in [0.3, 0.4) is 0 Å². The summed E-state index contributed by atoms with van der Waals surface area (Å²) in [7, 11) is 0. The van der Waals surface area contributed by atoms with E-state index < -0.39 is 5.60 Å².